The van der Waals surface area contributed by atoms with Crippen molar-refractivity contribution in [1.29, 1.82) is 0 Å². The molecule has 2 amide bonds. The second-order valence-electron chi connectivity index (χ2n) is 6.74. The molecule has 1 heterocycles. The predicted molar refractivity (Wildman–Crippen MR) is 100 cm³/mol. The number of piperazine rings is 1. The highest BCUT2D eigenvalue weighted by Crippen LogP contribution is 2.20. The zero-order valence-corrected chi connectivity index (χ0v) is 15.8. The molecule has 0 saturated carbocycles. The fourth-order valence-electron chi connectivity index (χ4n) is 3.31. The molecular formula is C20H31N3O2. The number of hydrogen-bond acceptors (Lipinski definition) is 3. The molecule has 25 heavy (non-hydrogen) atoms. The Morgan fingerprint density at radius 1 is 1.04 bits per heavy atom. The summed E-state index contributed by atoms with van der Waals surface area (Å²) in [6.07, 6.45) is 0.544. The summed E-state index contributed by atoms with van der Waals surface area (Å²) in [6.45, 7) is 11.1. The normalized spacial score (nSPS) is 16.5. The summed E-state index contributed by atoms with van der Waals surface area (Å²) < 4.78 is 0. The molecule has 1 unspecified atom stereocenters. The average Bonchev–Trinajstić information content (AvgIpc) is 2.64. The quantitative estimate of drug-likeness (QED) is 0.761. The van der Waals surface area contributed by atoms with Crippen LogP contribution in [0.15, 0.2) is 30.3 Å². The maximum absolute atomic E-state index is 12.5. The van der Waals surface area contributed by atoms with Crippen molar-refractivity contribution in [2.75, 3.05) is 45.8 Å². The van der Waals surface area contributed by atoms with E-state index < -0.39 is 0 Å². The van der Waals surface area contributed by atoms with E-state index in [2.05, 4.69) is 24.0 Å². The molecule has 5 heteroatoms. The van der Waals surface area contributed by atoms with Crippen LogP contribution in [-0.4, -0.2) is 72.3 Å². The molecule has 0 aromatic heterocycles. The van der Waals surface area contributed by atoms with Crippen LogP contribution in [0.4, 0.5) is 0 Å². The largest absolute Gasteiger partial charge is 0.342 e. The van der Waals surface area contributed by atoms with Crippen molar-refractivity contribution in [3.63, 3.8) is 0 Å². The summed E-state index contributed by atoms with van der Waals surface area (Å²) in [5, 5.41) is 0. The Balaban J connectivity index is 1.77. The SMILES string of the molecule is CCN(CC)C(=O)CN1CCN(C(=O)CC(C)c2ccccc2)CC1. The van der Waals surface area contributed by atoms with E-state index in [0.29, 0.717) is 26.1 Å². The van der Waals surface area contributed by atoms with Gasteiger partial charge in [-0.25, -0.2) is 0 Å². The molecular weight excluding hydrogens is 314 g/mol. The molecule has 1 aliphatic heterocycles. The van der Waals surface area contributed by atoms with Crippen molar-refractivity contribution in [2.24, 2.45) is 0 Å². The van der Waals surface area contributed by atoms with Crippen molar-refractivity contribution in [3.05, 3.63) is 35.9 Å². The van der Waals surface area contributed by atoms with Crippen LogP contribution >= 0.6 is 0 Å². The topological polar surface area (TPSA) is 43.9 Å². The molecule has 0 radical (unpaired) electrons. The Morgan fingerprint density at radius 2 is 1.64 bits per heavy atom. The molecule has 138 valence electrons. The zero-order valence-electron chi connectivity index (χ0n) is 15.8. The van der Waals surface area contributed by atoms with Gasteiger partial charge < -0.3 is 9.80 Å². The first-order valence-corrected chi connectivity index (χ1v) is 9.38. The lowest BCUT2D eigenvalue weighted by atomic mass is 9.97. The van der Waals surface area contributed by atoms with Gasteiger partial charge in [-0.2, -0.15) is 0 Å². The smallest absolute Gasteiger partial charge is 0.236 e. The van der Waals surface area contributed by atoms with E-state index in [0.717, 1.165) is 26.2 Å². The first kappa shape index (κ1) is 19.4. The van der Waals surface area contributed by atoms with Gasteiger partial charge in [0.2, 0.25) is 11.8 Å². The van der Waals surface area contributed by atoms with E-state index in [1.54, 1.807) is 0 Å². The zero-order chi connectivity index (χ0) is 18.2. The van der Waals surface area contributed by atoms with E-state index >= 15 is 0 Å². The third-order valence-electron chi connectivity index (χ3n) is 5.05. The highest BCUT2D eigenvalue weighted by Gasteiger charge is 2.24. The summed E-state index contributed by atoms with van der Waals surface area (Å²) in [4.78, 5) is 30.7. The molecule has 1 aromatic carbocycles. The van der Waals surface area contributed by atoms with Gasteiger partial charge in [0.05, 0.1) is 6.54 Å². The summed E-state index contributed by atoms with van der Waals surface area (Å²) in [5.74, 6) is 0.629. The molecule has 1 aliphatic rings. The van der Waals surface area contributed by atoms with Crippen molar-refractivity contribution in [2.45, 2.75) is 33.1 Å². The minimum atomic E-state index is 0.183. The van der Waals surface area contributed by atoms with E-state index in [1.807, 2.05) is 41.8 Å². The lowest BCUT2D eigenvalue weighted by molar-refractivity contribution is -0.135. The van der Waals surface area contributed by atoms with E-state index in [1.165, 1.54) is 5.56 Å². The first-order valence-electron chi connectivity index (χ1n) is 9.38. The highest BCUT2D eigenvalue weighted by molar-refractivity contribution is 5.78. The van der Waals surface area contributed by atoms with Gasteiger partial charge in [0.1, 0.15) is 0 Å². The maximum Gasteiger partial charge on any atom is 0.236 e. The number of carbonyl (C=O) groups excluding carboxylic acids is 2. The minimum absolute atomic E-state index is 0.183. The van der Waals surface area contributed by atoms with Gasteiger partial charge in [-0.3, -0.25) is 14.5 Å². The van der Waals surface area contributed by atoms with Gasteiger partial charge in [0.15, 0.2) is 0 Å². The maximum atomic E-state index is 12.5. The Morgan fingerprint density at radius 3 is 2.20 bits per heavy atom. The van der Waals surface area contributed by atoms with Gasteiger partial charge in [0.25, 0.3) is 0 Å². The molecule has 0 aliphatic carbocycles. The third kappa shape index (κ3) is 5.56. The first-order chi connectivity index (χ1) is 12.0. The monoisotopic (exact) mass is 345 g/mol. The van der Waals surface area contributed by atoms with Crippen molar-refractivity contribution in [1.82, 2.24) is 14.7 Å². The van der Waals surface area contributed by atoms with E-state index in [9.17, 15) is 9.59 Å². The van der Waals surface area contributed by atoms with Crippen LogP contribution in [-0.2, 0) is 9.59 Å². The van der Waals surface area contributed by atoms with Crippen LogP contribution in [0.3, 0.4) is 0 Å². The molecule has 5 nitrogen and oxygen atoms in total. The Kier molecular flexibility index (Phi) is 7.44. The second kappa shape index (κ2) is 9.56. The van der Waals surface area contributed by atoms with Gasteiger partial charge in [0, 0.05) is 45.7 Å². The van der Waals surface area contributed by atoms with Crippen LogP contribution < -0.4 is 0 Å². The highest BCUT2D eigenvalue weighted by atomic mass is 16.2. The van der Waals surface area contributed by atoms with Crippen LogP contribution in [0, 0.1) is 0 Å². The molecule has 1 saturated heterocycles. The molecule has 1 fully saturated rings. The van der Waals surface area contributed by atoms with Gasteiger partial charge >= 0.3 is 0 Å². The molecule has 0 bridgehead atoms. The molecule has 1 aromatic rings. The molecule has 0 spiro atoms. The summed E-state index contributed by atoms with van der Waals surface area (Å²) in [5.41, 5.74) is 1.21. The van der Waals surface area contributed by atoms with Crippen LogP contribution in [0.2, 0.25) is 0 Å². The van der Waals surface area contributed by atoms with E-state index in [-0.39, 0.29) is 17.7 Å². The number of hydrogen-bond donors (Lipinski definition) is 0. The molecule has 0 N–H and O–H groups in total. The molecule has 1 atom stereocenters. The number of carbonyl (C=O) groups is 2. The summed E-state index contributed by atoms with van der Waals surface area (Å²) >= 11 is 0. The summed E-state index contributed by atoms with van der Waals surface area (Å²) in [7, 11) is 0. The van der Waals surface area contributed by atoms with Crippen LogP contribution in [0.1, 0.15) is 38.7 Å². The molecule has 2 rings (SSSR count). The third-order valence-corrected chi connectivity index (χ3v) is 5.05. The van der Waals surface area contributed by atoms with Crippen LogP contribution in [0.5, 0.6) is 0 Å². The van der Waals surface area contributed by atoms with Crippen LogP contribution in [0.25, 0.3) is 0 Å². The minimum Gasteiger partial charge on any atom is -0.342 e. The number of amides is 2. The predicted octanol–water partition coefficient (Wildman–Crippen LogP) is 2.19. The van der Waals surface area contributed by atoms with Gasteiger partial charge in [-0.1, -0.05) is 37.3 Å². The Hall–Kier alpha value is -1.88. The standard InChI is InChI=1S/C20H31N3O2/c1-4-22(5-2)20(25)16-21-11-13-23(14-12-21)19(24)15-17(3)18-9-7-6-8-10-18/h6-10,17H,4-5,11-16H2,1-3H3. The van der Waals surface area contributed by atoms with Crippen molar-refractivity contribution >= 4 is 11.8 Å². The van der Waals surface area contributed by atoms with Gasteiger partial charge in [-0.05, 0) is 25.3 Å². The second-order valence-corrected chi connectivity index (χ2v) is 6.74. The fraction of sp³-hybridized carbons (Fsp3) is 0.600. The van der Waals surface area contributed by atoms with Crippen molar-refractivity contribution in [3.8, 4) is 0 Å². The lowest BCUT2D eigenvalue weighted by Gasteiger charge is -2.35. The number of rotatable bonds is 7. The Bertz CT molecular complexity index is 549. The van der Waals surface area contributed by atoms with Gasteiger partial charge in [-0.15, -0.1) is 0 Å². The van der Waals surface area contributed by atoms with Crippen molar-refractivity contribution < 1.29 is 9.59 Å². The number of nitrogens with zero attached hydrogens (tertiary/aromatic N) is 3. The fourth-order valence-corrected chi connectivity index (χ4v) is 3.31. The number of benzene rings is 1. The Labute approximate surface area is 151 Å². The van der Waals surface area contributed by atoms with E-state index in [4.69, 9.17) is 0 Å². The average molecular weight is 345 g/mol. The number of likely N-dealkylation sites (N-methyl/N-ethyl adjacent to an activating group) is 1. The lowest BCUT2D eigenvalue weighted by Crippen LogP contribution is -2.51. The summed E-state index contributed by atoms with van der Waals surface area (Å²) in [6, 6.07) is 10.2.